The predicted molar refractivity (Wildman–Crippen MR) is 134 cm³/mol. The molecule has 0 atom stereocenters. The van der Waals surface area contributed by atoms with Crippen LogP contribution in [0.2, 0.25) is 0 Å². The van der Waals surface area contributed by atoms with Gasteiger partial charge in [-0.25, -0.2) is 0 Å². The second-order valence-corrected chi connectivity index (χ2v) is 8.59. The summed E-state index contributed by atoms with van der Waals surface area (Å²) in [6, 6.07) is 23.3. The SMILES string of the molecule is CN(C)Cc1cccc(NC(=C2C(=O)Nc3ccc(C(=O)N(C)C)cc32)c2ccccc2)c1. The van der Waals surface area contributed by atoms with Gasteiger partial charge in [-0.2, -0.15) is 0 Å². The van der Waals surface area contributed by atoms with Crippen molar-refractivity contribution in [2.45, 2.75) is 6.54 Å². The van der Waals surface area contributed by atoms with Crippen molar-refractivity contribution in [3.63, 3.8) is 0 Å². The average Bonchev–Trinajstić information content (AvgIpc) is 3.12. The number of carbonyl (C=O) groups excluding carboxylic acids is 2. The van der Waals surface area contributed by atoms with Crippen LogP contribution in [0.1, 0.15) is 27.0 Å². The Balaban J connectivity index is 1.85. The van der Waals surface area contributed by atoms with Crippen LogP contribution in [-0.2, 0) is 11.3 Å². The molecule has 3 aromatic rings. The fourth-order valence-corrected chi connectivity index (χ4v) is 3.95. The first-order chi connectivity index (χ1) is 15.8. The molecule has 0 aromatic heterocycles. The molecule has 2 amide bonds. The van der Waals surface area contributed by atoms with Crippen LogP contribution in [0, 0.1) is 0 Å². The zero-order valence-corrected chi connectivity index (χ0v) is 19.3. The minimum absolute atomic E-state index is 0.109. The van der Waals surface area contributed by atoms with Crippen LogP contribution in [0.5, 0.6) is 0 Å². The van der Waals surface area contributed by atoms with E-state index in [1.807, 2.05) is 56.6 Å². The summed E-state index contributed by atoms with van der Waals surface area (Å²) in [5.74, 6) is -0.308. The summed E-state index contributed by atoms with van der Waals surface area (Å²) in [6.07, 6.45) is 0. The van der Waals surface area contributed by atoms with Gasteiger partial charge in [0.1, 0.15) is 0 Å². The summed E-state index contributed by atoms with van der Waals surface area (Å²) in [5, 5.41) is 6.45. The van der Waals surface area contributed by atoms with Crippen LogP contribution in [0.25, 0.3) is 11.3 Å². The van der Waals surface area contributed by atoms with Crippen molar-refractivity contribution >= 4 is 34.5 Å². The topological polar surface area (TPSA) is 64.7 Å². The molecule has 6 heteroatoms. The maximum atomic E-state index is 13.2. The normalized spacial score (nSPS) is 14.0. The largest absolute Gasteiger partial charge is 0.354 e. The Morgan fingerprint density at radius 2 is 1.64 bits per heavy atom. The van der Waals surface area contributed by atoms with Crippen molar-refractivity contribution in [2.75, 3.05) is 38.8 Å². The summed E-state index contributed by atoms with van der Waals surface area (Å²) >= 11 is 0. The second kappa shape index (κ2) is 9.30. The molecule has 33 heavy (non-hydrogen) atoms. The Morgan fingerprint density at radius 3 is 2.33 bits per heavy atom. The number of hydrogen-bond donors (Lipinski definition) is 2. The molecular formula is C27H28N4O2. The average molecular weight is 441 g/mol. The smallest absolute Gasteiger partial charge is 0.258 e. The third-order valence-corrected chi connectivity index (χ3v) is 5.42. The van der Waals surface area contributed by atoms with E-state index in [2.05, 4.69) is 27.7 Å². The molecular weight excluding hydrogens is 412 g/mol. The summed E-state index contributed by atoms with van der Waals surface area (Å²) in [6.45, 7) is 0.812. The number of amides is 2. The van der Waals surface area contributed by atoms with Gasteiger partial charge in [-0.1, -0.05) is 42.5 Å². The Kier molecular flexibility index (Phi) is 6.29. The van der Waals surface area contributed by atoms with E-state index < -0.39 is 0 Å². The Labute approximate surface area is 194 Å². The number of nitrogens with zero attached hydrogens (tertiary/aromatic N) is 2. The van der Waals surface area contributed by atoms with E-state index in [1.54, 1.807) is 32.3 Å². The number of rotatable bonds is 6. The van der Waals surface area contributed by atoms with Crippen LogP contribution in [0.15, 0.2) is 72.8 Å². The standard InChI is InChI=1S/C27H28N4O2/c1-30(2)17-18-9-8-12-21(15-18)28-25(19-10-6-5-7-11-19)24-22-16-20(27(33)31(3)4)13-14-23(22)29-26(24)32/h5-16,28H,17H2,1-4H3,(H,29,32). The van der Waals surface area contributed by atoms with E-state index in [0.29, 0.717) is 28.1 Å². The van der Waals surface area contributed by atoms with Crippen LogP contribution >= 0.6 is 0 Å². The van der Waals surface area contributed by atoms with E-state index in [9.17, 15) is 9.59 Å². The van der Waals surface area contributed by atoms with E-state index in [0.717, 1.165) is 23.4 Å². The van der Waals surface area contributed by atoms with Crippen molar-refractivity contribution in [1.82, 2.24) is 9.80 Å². The third kappa shape index (κ3) is 4.81. The van der Waals surface area contributed by atoms with Crippen molar-refractivity contribution in [1.29, 1.82) is 0 Å². The molecule has 1 heterocycles. The van der Waals surface area contributed by atoms with Gasteiger partial charge in [-0.05, 0) is 55.6 Å². The van der Waals surface area contributed by atoms with Gasteiger partial charge in [-0.3, -0.25) is 9.59 Å². The molecule has 0 fully saturated rings. The highest BCUT2D eigenvalue weighted by Crippen LogP contribution is 2.38. The number of fused-ring (bicyclic) bond motifs is 1. The van der Waals surface area contributed by atoms with Gasteiger partial charge in [0.2, 0.25) is 0 Å². The van der Waals surface area contributed by atoms with E-state index in [-0.39, 0.29) is 11.8 Å². The Morgan fingerprint density at radius 1 is 0.879 bits per heavy atom. The molecule has 4 rings (SSSR count). The first-order valence-electron chi connectivity index (χ1n) is 10.8. The highest BCUT2D eigenvalue weighted by atomic mass is 16.2. The molecule has 1 aliphatic heterocycles. The van der Waals surface area contributed by atoms with Crippen molar-refractivity contribution in [3.05, 3.63) is 95.1 Å². The molecule has 0 unspecified atom stereocenters. The fourth-order valence-electron chi connectivity index (χ4n) is 3.95. The van der Waals surface area contributed by atoms with Gasteiger partial charge < -0.3 is 20.4 Å². The Hall–Kier alpha value is -3.90. The highest BCUT2D eigenvalue weighted by molar-refractivity contribution is 6.37. The number of anilines is 2. The van der Waals surface area contributed by atoms with Crippen LogP contribution in [-0.4, -0.2) is 49.8 Å². The lowest BCUT2D eigenvalue weighted by atomic mass is 9.98. The minimum atomic E-state index is -0.199. The quantitative estimate of drug-likeness (QED) is 0.559. The van der Waals surface area contributed by atoms with Crippen molar-refractivity contribution in [3.8, 4) is 0 Å². The molecule has 6 nitrogen and oxygen atoms in total. The molecule has 0 saturated heterocycles. The summed E-state index contributed by atoms with van der Waals surface area (Å²) in [4.78, 5) is 29.4. The maximum absolute atomic E-state index is 13.2. The van der Waals surface area contributed by atoms with E-state index in [1.165, 1.54) is 4.90 Å². The van der Waals surface area contributed by atoms with Crippen LogP contribution < -0.4 is 10.6 Å². The first-order valence-corrected chi connectivity index (χ1v) is 10.8. The predicted octanol–water partition coefficient (Wildman–Crippen LogP) is 4.38. The van der Waals surface area contributed by atoms with Crippen molar-refractivity contribution < 1.29 is 9.59 Å². The number of benzene rings is 3. The molecule has 3 aromatic carbocycles. The van der Waals surface area contributed by atoms with Gasteiger partial charge in [0, 0.05) is 43.1 Å². The van der Waals surface area contributed by atoms with Crippen molar-refractivity contribution in [2.24, 2.45) is 0 Å². The lowest BCUT2D eigenvalue weighted by Crippen LogP contribution is -2.21. The zero-order chi connectivity index (χ0) is 23.5. The van der Waals surface area contributed by atoms with Gasteiger partial charge in [0.25, 0.3) is 11.8 Å². The first kappa shape index (κ1) is 22.3. The molecule has 0 aliphatic carbocycles. The third-order valence-electron chi connectivity index (χ3n) is 5.42. The highest BCUT2D eigenvalue weighted by Gasteiger charge is 2.29. The summed E-state index contributed by atoms with van der Waals surface area (Å²) in [7, 11) is 7.49. The van der Waals surface area contributed by atoms with Gasteiger partial charge in [0.05, 0.1) is 11.3 Å². The Bertz CT molecular complexity index is 1230. The summed E-state index contributed by atoms with van der Waals surface area (Å²) < 4.78 is 0. The molecule has 1 aliphatic rings. The number of nitrogens with one attached hydrogen (secondary N) is 2. The second-order valence-electron chi connectivity index (χ2n) is 8.59. The molecule has 0 bridgehead atoms. The maximum Gasteiger partial charge on any atom is 0.258 e. The molecule has 0 radical (unpaired) electrons. The van der Waals surface area contributed by atoms with Gasteiger partial charge >= 0.3 is 0 Å². The monoisotopic (exact) mass is 440 g/mol. The molecule has 2 N–H and O–H groups in total. The van der Waals surface area contributed by atoms with Crippen LogP contribution in [0.4, 0.5) is 11.4 Å². The zero-order valence-electron chi connectivity index (χ0n) is 19.3. The fraction of sp³-hybridized carbons (Fsp3) is 0.185. The molecule has 168 valence electrons. The minimum Gasteiger partial charge on any atom is -0.354 e. The lowest BCUT2D eigenvalue weighted by Gasteiger charge is -2.17. The number of carbonyl (C=O) groups is 2. The van der Waals surface area contributed by atoms with Gasteiger partial charge in [0.15, 0.2) is 0 Å². The van der Waals surface area contributed by atoms with E-state index in [4.69, 9.17) is 0 Å². The van der Waals surface area contributed by atoms with E-state index >= 15 is 0 Å². The number of hydrogen-bond acceptors (Lipinski definition) is 4. The lowest BCUT2D eigenvalue weighted by molar-refractivity contribution is -0.110. The van der Waals surface area contributed by atoms with Crippen LogP contribution in [0.3, 0.4) is 0 Å². The summed E-state index contributed by atoms with van der Waals surface area (Å²) in [5.41, 5.74) is 6.10. The van der Waals surface area contributed by atoms with Gasteiger partial charge in [-0.15, -0.1) is 0 Å². The molecule has 0 spiro atoms. The molecule has 0 saturated carbocycles.